The van der Waals surface area contributed by atoms with Crippen molar-refractivity contribution in [3.05, 3.63) is 23.8 Å². The van der Waals surface area contributed by atoms with E-state index in [-0.39, 0.29) is 0 Å². The van der Waals surface area contributed by atoms with Crippen molar-refractivity contribution < 1.29 is 0 Å². The van der Waals surface area contributed by atoms with Crippen LogP contribution in [0.1, 0.15) is 67.2 Å². The van der Waals surface area contributed by atoms with Gasteiger partial charge in [0.2, 0.25) is 0 Å². The maximum Gasteiger partial charge on any atom is -0.00791 e. The Balaban J connectivity index is 0.000000581. The van der Waals surface area contributed by atoms with Gasteiger partial charge in [0.15, 0.2) is 0 Å². The second-order valence-corrected chi connectivity index (χ2v) is 4.71. The highest BCUT2D eigenvalue weighted by Gasteiger charge is 2.25. The second kappa shape index (κ2) is 9.50. The lowest BCUT2D eigenvalue weighted by atomic mass is 9.76. The summed E-state index contributed by atoms with van der Waals surface area (Å²) in [5.74, 6) is 2.38. The number of fused-ring (bicyclic) bond motifs is 1. The van der Waals surface area contributed by atoms with Gasteiger partial charge in [-0.3, -0.25) is 0 Å². The molecule has 0 amide bonds. The molecule has 2 aliphatic rings. The van der Waals surface area contributed by atoms with Crippen molar-refractivity contribution >= 4 is 0 Å². The summed E-state index contributed by atoms with van der Waals surface area (Å²) in [5, 5.41) is 0. The normalized spacial score (nSPS) is 30.7. The van der Waals surface area contributed by atoms with E-state index in [4.69, 9.17) is 0 Å². The van der Waals surface area contributed by atoms with Crippen molar-refractivity contribution in [2.75, 3.05) is 0 Å². The first-order chi connectivity index (χ1) is 8.27. The van der Waals surface area contributed by atoms with Crippen LogP contribution in [0.25, 0.3) is 0 Å². The monoisotopic (exact) mass is 236 g/mol. The van der Waals surface area contributed by atoms with E-state index < -0.39 is 0 Å². The second-order valence-electron chi connectivity index (χ2n) is 4.71. The quantitative estimate of drug-likeness (QED) is 0.453. The lowest BCUT2D eigenvalue weighted by Gasteiger charge is -2.29. The van der Waals surface area contributed by atoms with Crippen molar-refractivity contribution in [1.29, 1.82) is 0 Å². The van der Waals surface area contributed by atoms with E-state index in [9.17, 15) is 0 Å². The van der Waals surface area contributed by atoms with E-state index in [0.29, 0.717) is 5.92 Å². The van der Waals surface area contributed by atoms with Crippen LogP contribution in [0.2, 0.25) is 0 Å². The van der Waals surface area contributed by atoms with Crippen LogP contribution in [-0.4, -0.2) is 0 Å². The highest BCUT2D eigenvalue weighted by Crippen LogP contribution is 2.38. The van der Waals surface area contributed by atoms with Gasteiger partial charge in [0.05, 0.1) is 0 Å². The van der Waals surface area contributed by atoms with Gasteiger partial charge in [0.25, 0.3) is 0 Å². The molecular weight excluding hydrogens is 204 g/mol. The zero-order chi connectivity index (χ0) is 13.3. The highest BCUT2D eigenvalue weighted by molar-refractivity contribution is 5.17. The summed E-state index contributed by atoms with van der Waals surface area (Å²) in [5.41, 5.74) is 1.64. The van der Waals surface area contributed by atoms with Gasteiger partial charge >= 0.3 is 0 Å². The predicted octanol–water partition coefficient (Wildman–Crippen LogP) is 6.00. The Morgan fingerprint density at radius 1 is 0.941 bits per heavy atom. The minimum Gasteiger partial charge on any atom is -0.0842 e. The molecule has 1 saturated carbocycles. The average Bonchev–Trinajstić information content (AvgIpc) is 2.54. The molecule has 2 aliphatic carbocycles. The minimum absolute atomic E-state index is 0.658. The van der Waals surface area contributed by atoms with E-state index >= 15 is 0 Å². The molecule has 100 valence electrons. The van der Waals surface area contributed by atoms with Crippen LogP contribution < -0.4 is 0 Å². The largest absolute Gasteiger partial charge is 0.0842 e. The minimum atomic E-state index is 0.658. The van der Waals surface area contributed by atoms with Crippen LogP contribution in [0.3, 0.4) is 0 Å². The smallest absolute Gasteiger partial charge is 0.00791 e. The Kier molecular flexibility index (Phi) is 9.21. The molecule has 0 aromatic rings. The molecule has 3 atom stereocenters. The van der Waals surface area contributed by atoms with Gasteiger partial charge in [-0.1, -0.05) is 71.3 Å². The summed E-state index contributed by atoms with van der Waals surface area (Å²) < 4.78 is 0. The standard InChI is InChI=1S/C13H20.2C2H6/c1-10-7-8-12-5-3-4-6-13(12)11(2)9-10;2*1-2/h7-10,12-13H,3-6H2,1-2H3;2*1-2H3. The number of hydrogen-bond acceptors (Lipinski definition) is 0. The van der Waals surface area contributed by atoms with Gasteiger partial charge in [0.1, 0.15) is 0 Å². The fourth-order valence-corrected chi connectivity index (χ4v) is 2.87. The van der Waals surface area contributed by atoms with E-state index in [1.807, 2.05) is 27.7 Å². The third-order valence-corrected chi connectivity index (χ3v) is 3.59. The summed E-state index contributed by atoms with van der Waals surface area (Å²) in [6.45, 7) is 12.6. The molecule has 0 spiro atoms. The first kappa shape index (κ1) is 16.5. The predicted molar refractivity (Wildman–Crippen MR) is 80.2 cm³/mol. The Bertz CT molecular complexity index is 234. The number of hydrogen-bond donors (Lipinski definition) is 0. The first-order valence-electron chi connectivity index (χ1n) is 7.64. The van der Waals surface area contributed by atoms with Crippen LogP contribution in [-0.2, 0) is 0 Å². The fourth-order valence-electron chi connectivity index (χ4n) is 2.87. The van der Waals surface area contributed by atoms with Gasteiger partial charge in [-0.05, 0) is 37.5 Å². The molecule has 2 rings (SSSR count). The number of rotatable bonds is 0. The van der Waals surface area contributed by atoms with Crippen LogP contribution >= 0.6 is 0 Å². The molecule has 0 N–H and O–H groups in total. The maximum atomic E-state index is 2.47. The highest BCUT2D eigenvalue weighted by atomic mass is 14.3. The molecule has 0 radical (unpaired) electrons. The third-order valence-electron chi connectivity index (χ3n) is 3.59. The van der Waals surface area contributed by atoms with Crippen LogP contribution in [0, 0.1) is 17.8 Å². The molecule has 0 aliphatic heterocycles. The van der Waals surface area contributed by atoms with Crippen LogP contribution in [0.4, 0.5) is 0 Å². The molecule has 0 aromatic carbocycles. The molecule has 0 aromatic heterocycles. The van der Waals surface area contributed by atoms with E-state index in [1.165, 1.54) is 25.7 Å². The SMILES string of the molecule is CC.CC.CC1=CC(C)C=CC2CCCCC12. The molecule has 17 heavy (non-hydrogen) atoms. The molecule has 0 saturated heterocycles. The van der Waals surface area contributed by atoms with Crippen molar-refractivity contribution in [3.63, 3.8) is 0 Å². The van der Waals surface area contributed by atoms with E-state index in [1.54, 1.807) is 5.57 Å². The van der Waals surface area contributed by atoms with E-state index in [2.05, 4.69) is 32.1 Å². The molecule has 1 fully saturated rings. The zero-order valence-electron chi connectivity index (χ0n) is 12.8. The van der Waals surface area contributed by atoms with Gasteiger partial charge in [-0.2, -0.15) is 0 Å². The average molecular weight is 236 g/mol. The zero-order valence-corrected chi connectivity index (χ0v) is 12.8. The topological polar surface area (TPSA) is 0 Å². The van der Waals surface area contributed by atoms with Crippen molar-refractivity contribution in [3.8, 4) is 0 Å². The van der Waals surface area contributed by atoms with Crippen molar-refractivity contribution in [1.82, 2.24) is 0 Å². The molecule has 0 bridgehead atoms. The summed E-state index contributed by atoms with van der Waals surface area (Å²) in [6.07, 6.45) is 13.0. The Hall–Kier alpha value is -0.520. The molecule has 0 heterocycles. The summed E-state index contributed by atoms with van der Waals surface area (Å²) in [6, 6.07) is 0. The van der Waals surface area contributed by atoms with Gasteiger partial charge in [-0.15, -0.1) is 0 Å². The third kappa shape index (κ3) is 5.10. The molecule has 3 unspecified atom stereocenters. The van der Waals surface area contributed by atoms with E-state index in [0.717, 1.165) is 11.8 Å². The fraction of sp³-hybridized carbons (Fsp3) is 0.765. The Morgan fingerprint density at radius 2 is 1.53 bits per heavy atom. The van der Waals surface area contributed by atoms with Crippen molar-refractivity contribution in [2.45, 2.75) is 67.2 Å². The summed E-state index contributed by atoms with van der Waals surface area (Å²) in [7, 11) is 0. The van der Waals surface area contributed by atoms with Gasteiger partial charge in [0, 0.05) is 0 Å². The Labute approximate surface area is 109 Å². The lowest BCUT2D eigenvalue weighted by Crippen LogP contribution is -2.17. The summed E-state index contributed by atoms with van der Waals surface area (Å²) >= 11 is 0. The first-order valence-corrected chi connectivity index (χ1v) is 7.64. The lowest BCUT2D eigenvalue weighted by molar-refractivity contribution is 0.324. The van der Waals surface area contributed by atoms with Gasteiger partial charge in [-0.25, -0.2) is 0 Å². The Morgan fingerprint density at radius 3 is 2.18 bits per heavy atom. The van der Waals surface area contributed by atoms with Gasteiger partial charge < -0.3 is 0 Å². The van der Waals surface area contributed by atoms with Crippen LogP contribution in [0.15, 0.2) is 23.8 Å². The van der Waals surface area contributed by atoms with Crippen LogP contribution in [0.5, 0.6) is 0 Å². The van der Waals surface area contributed by atoms with Crippen molar-refractivity contribution in [2.24, 2.45) is 17.8 Å². The summed E-state index contributed by atoms with van der Waals surface area (Å²) in [4.78, 5) is 0. The maximum absolute atomic E-state index is 2.47. The molecule has 0 nitrogen and oxygen atoms in total. The molecule has 0 heteroatoms. The molecular formula is C17H32. The number of allylic oxidation sites excluding steroid dienone is 4.